The van der Waals surface area contributed by atoms with Crippen molar-refractivity contribution in [1.29, 1.82) is 0 Å². The first-order chi connectivity index (χ1) is 12.5. The van der Waals surface area contributed by atoms with Crippen molar-refractivity contribution in [2.24, 2.45) is 5.92 Å². The molecule has 2 aliphatic heterocycles. The Kier molecular flexibility index (Phi) is 5.00. The monoisotopic (exact) mass is 468 g/mol. The number of hydrogen-bond acceptors (Lipinski definition) is 4. The van der Waals surface area contributed by atoms with Crippen LogP contribution in [0.3, 0.4) is 0 Å². The maximum atomic E-state index is 13.0. The summed E-state index contributed by atoms with van der Waals surface area (Å²) in [7, 11) is 0. The lowest BCUT2D eigenvalue weighted by molar-refractivity contribution is -0.141. The molecule has 0 N–H and O–H groups in total. The van der Waals surface area contributed by atoms with Crippen LogP contribution in [-0.2, 0) is 19.1 Å². The number of carbonyl (C=O) groups excluding carboxylic acids is 3. The Balaban J connectivity index is 1.57. The van der Waals surface area contributed by atoms with Gasteiger partial charge in [-0.25, -0.2) is 4.90 Å². The van der Waals surface area contributed by atoms with Gasteiger partial charge in [0.1, 0.15) is 6.04 Å². The van der Waals surface area contributed by atoms with Crippen molar-refractivity contribution in [3.05, 3.63) is 27.8 Å². The molecule has 1 aromatic carbocycles. The van der Waals surface area contributed by atoms with E-state index in [-0.39, 0.29) is 36.2 Å². The number of rotatable bonds is 5. The summed E-state index contributed by atoms with van der Waals surface area (Å²) in [6, 6.07) is 6.56. The molecule has 6 nitrogen and oxygen atoms in total. The van der Waals surface area contributed by atoms with Crippen molar-refractivity contribution in [1.82, 2.24) is 4.90 Å². The molecule has 26 heavy (non-hydrogen) atoms. The molecule has 1 aliphatic carbocycles. The zero-order valence-corrected chi connectivity index (χ0v) is 16.6. The first-order valence-corrected chi connectivity index (χ1v) is 10.2. The lowest BCUT2D eigenvalue weighted by Crippen LogP contribution is -2.49. The number of nitrogens with zero attached hydrogens (tertiary/aromatic N) is 2. The van der Waals surface area contributed by atoms with E-state index in [1.54, 1.807) is 17.0 Å². The van der Waals surface area contributed by atoms with E-state index in [2.05, 4.69) is 22.6 Å². The van der Waals surface area contributed by atoms with Gasteiger partial charge in [0, 0.05) is 22.6 Å². The van der Waals surface area contributed by atoms with Crippen LogP contribution in [0.2, 0.25) is 0 Å². The number of anilines is 1. The van der Waals surface area contributed by atoms with E-state index in [1.807, 2.05) is 12.1 Å². The lowest BCUT2D eigenvalue weighted by atomic mass is 10.1. The Hall–Kier alpha value is -1.48. The van der Waals surface area contributed by atoms with Crippen LogP contribution in [0, 0.1) is 9.49 Å². The summed E-state index contributed by atoms with van der Waals surface area (Å²) in [5, 5.41) is 0. The van der Waals surface area contributed by atoms with Crippen LogP contribution in [0.4, 0.5) is 5.69 Å². The molecule has 3 amide bonds. The molecule has 1 saturated carbocycles. The average molecular weight is 468 g/mol. The van der Waals surface area contributed by atoms with E-state index < -0.39 is 6.04 Å². The summed E-state index contributed by atoms with van der Waals surface area (Å²) >= 11 is 2.18. The zero-order valence-electron chi connectivity index (χ0n) is 14.4. The number of carbonyl (C=O) groups is 3. The summed E-state index contributed by atoms with van der Waals surface area (Å²) in [5.74, 6) is -0.548. The minimum Gasteiger partial charge on any atom is -0.376 e. The standard InChI is InChI=1S/C19H21IN2O4/c20-13-5-7-14(8-6-13)22-17(23)10-16(19(22)25)21(18(24)12-3-4-12)11-15-2-1-9-26-15/h5-8,12,15-16H,1-4,9-11H2. The molecule has 0 spiro atoms. The van der Waals surface area contributed by atoms with E-state index in [4.69, 9.17) is 4.74 Å². The molecule has 1 aromatic rings. The van der Waals surface area contributed by atoms with Crippen LogP contribution >= 0.6 is 22.6 Å². The first-order valence-electron chi connectivity index (χ1n) is 9.09. The minimum atomic E-state index is -0.709. The number of hydrogen-bond donors (Lipinski definition) is 0. The molecule has 3 aliphatic rings. The number of benzene rings is 1. The maximum absolute atomic E-state index is 13.0. The second-order valence-corrected chi connectivity index (χ2v) is 8.41. The van der Waals surface area contributed by atoms with Crippen molar-refractivity contribution in [3.8, 4) is 0 Å². The summed E-state index contributed by atoms with van der Waals surface area (Å²) in [6.07, 6.45) is 3.63. The van der Waals surface area contributed by atoms with Gasteiger partial charge in [0.2, 0.25) is 11.8 Å². The normalized spacial score (nSPS) is 25.8. The van der Waals surface area contributed by atoms with Gasteiger partial charge in [0.15, 0.2) is 0 Å². The number of halogens is 1. The molecule has 3 fully saturated rings. The Labute approximate surface area is 166 Å². The van der Waals surface area contributed by atoms with E-state index >= 15 is 0 Å². The smallest absolute Gasteiger partial charge is 0.257 e. The highest BCUT2D eigenvalue weighted by Crippen LogP contribution is 2.34. The Morgan fingerprint density at radius 1 is 1.19 bits per heavy atom. The Morgan fingerprint density at radius 2 is 1.92 bits per heavy atom. The molecular weight excluding hydrogens is 447 g/mol. The van der Waals surface area contributed by atoms with Gasteiger partial charge >= 0.3 is 0 Å². The van der Waals surface area contributed by atoms with Gasteiger partial charge in [0.25, 0.3) is 5.91 Å². The number of amides is 3. The highest BCUT2D eigenvalue weighted by Gasteiger charge is 2.47. The Bertz CT molecular complexity index is 726. The van der Waals surface area contributed by atoms with Crippen LogP contribution in [-0.4, -0.2) is 47.9 Å². The van der Waals surface area contributed by atoms with Crippen LogP contribution in [0.1, 0.15) is 32.1 Å². The second-order valence-electron chi connectivity index (χ2n) is 7.16. The molecular formula is C19H21IN2O4. The average Bonchev–Trinajstić information content (AvgIpc) is 3.27. The summed E-state index contributed by atoms with van der Waals surface area (Å²) in [5.41, 5.74) is 0.568. The van der Waals surface area contributed by atoms with Crippen LogP contribution < -0.4 is 4.90 Å². The van der Waals surface area contributed by atoms with E-state index in [9.17, 15) is 14.4 Å². The summed E-state index contributed by atoms with van der Waals surface area (Å²) in [4.78, 5) is 41.3. The van der Waals surface area contributed by atoms with Gasteiger partial charge in [-0.05, 0) is 72.5 Å². The van der Waals surface area contributed by atoms with Gasteiger partial charge in [-0.2, -0.15) is 0 Å². The molecule has 7 heteroatoms. The summed E-state index contributed by atoms with van der Waals surface area (Å²) in [6.45, 7) is 1.10. The minimum absolute atomic E-state index is 0.00360. The van der Waals surface area contributed by atoms with Gasteiger partial charge in [-0.1, -0.05) is 0 Å². The number of ether oxygens (including phenoxy) is 1. The second kappa shape index (κ2) is 7.26. The third-order valence-electron chi connectivity index (χ3n) is 5.22. The molecule has 0 bridgehead atoms. The highest BCUT2D eigenvalue weighted by molar-refractivity contribution is 14.1. The molecule has 2 unspecified atom stereocenters. The predicted molar refractivity (Wildman–Crippen MR) is 103 cm³/mol. The fourth-order valence-electron chi connectivity index (χ4n) is 3.66. The molecule has 0 aromatic heterocycles. The largest absolute Gasteiger partial charge is 0.376 e. The van der Waals surface area contributed by atoms with Crippen LogP contribution in [0.15, 0.2) is 24.3 Å². The maximum Gasteiger partial charge on any atom is 0.257 e. The van der Waals surface area contributed by atoms with Gasteiger partial charge in [-0.15, -0.1) is 0 Å². The topological polar surface area (TPSA) is 66.9 Å². The molecule has 138 valence electrons. The van der Waals surface area contributed by atoms with Crippen molar-refractivity contribution >= 4 is 46.0 Å². The highest BCUT2D eigenvalue weighted by atomic mass is 127. The third kappa shape index (κ3) is 3.51. The third-order valence-corrected chi connectivity index (χ3v) is 5.94. The molecule has 0 radical (unpaired) electrons. The Morgan fingerprint density at radius 3 is 2.54 bits per heavy atom. The fraction of sp³-hybridized carbons (Fsp3) is 0.526. The van der Waals surface area contributed by atoms with Crippen molar-refractivity contribution < 1.29 is 19.1 Å². The van der Waals surface area contributed by atoms with Gasteiger partial charge < -0.3 is 9.64 Å². The van der Waals surface area contributed by atoms with Crippen molar-refractivity contribution in [3.63, 3.8) is 0 Å². The molecule has 4 rings (SSSR count). The quantitative estimate of drug-likeness (QED) is 0.492. The predicted octanol–water partition coefficient (Wildman–Crippen LogP) is 2.34. The fourth-order valence-corrected chi connectivity index (χ4v) is 4.02. The lowest BCUT2D eigenvalue weighted by Gasteiger charge is -2.30. The van der Waals surface area contributed by atoms with Crippen molar-refractivity contribution in [2.75, 3.05) is 18.1 Å². The zero-order chi connectivity index (χ0) is 18.3. The van der Waals surface area contributed by atoms with Crippen molar-refractivity contribution in [2.45, 2.75) is 44.2 Å². The van der Waals surface area contributed by atoms with E-state index in [0.717, 1.165) is 29.3 Å². The molecule has 2 heterocycles. The SMILES string of the molecule is O=C1CC(N(CC2CCCO2)C(=O)C2CC2)C(=O)N1c1ccc(I)cc1. The van der Waals surface area contributed by atoms with E-state index in [0.29, 0.717) is 18.8 Å². The van der Waals surface area contributed by atoms with Crippen LogP contribution in [0.25, 0.3) is 0 Å². The first kappa shape index (κ1) is 17.9. The molecule has 2 atom stereocenters. The van der Waals surface area contributed by atoms with Gasteiger partial charge in [0.05, 0.1) is 18.2 Å². The summed E-state index contributed by atoms with van der Waals surface area (Å²) < 4.78 is 6.71. The number of imide groups is 1. The van der Waals surface area contributed by atoms with Crippen LogP contribution in [0.5, 0.6) is 0 Å². The van der Waals surface area contributed by atoms with E-state index in [1.165, 1.54) is 4.90 Å². The van der Waals surface area contributed by atoms with Gasteiger partial charge in [-0.3, -0.25) is 14.4 Å². The molecule has 2 saturated heterocycles.